The van der Waals surface area contributed by atoms with Gasteiger partial charge in [0.25, 0.3) is 0 Å². The lowest BCUT2D eigenvalue weighted by molar-refractivity contribution is -0.122. The molecule has 2 rings (SSSR count). The van der Waals surface area contributed by atoms with Crippen LogP contribution in [0.25, 0.3) is 6.08 Å². The average molecular weight is 246 g/mol. The minimum absolute atomic E-state index is 0.143. The van der Waals surface area contributed by atoms with Crippen molar-refractivity contribution < 1.29 is 14.3 Å². The number of rotatable bonds is 6. The molecular formula is C15H18O3. The molecule has 0 aromatic heterocycles. The smallest absolute Gasteiger partial charge is 0.173 e. The van der Waals surface area contributed by atoms with Crippen molar-refractivity contribution in [2.45, 2.75) is 19.8 Å². The van der Waals surface area contributed by atoms with Crippen LogP contribution in [0.5, 0.6) is 11.5 Å². The van der Waals surface area contributed by atoms with Crippen molar-refractivity contribution in [3.05, 3.63) is 29.8 Å². The van der Waals surface area contributed by atoms with Crippen LogP contribution in [-0.2, 0) is 4.79 Å². The van der Waals surface area contributed by atoms with Crippen LogP contribution in [-0.4, -0.2) is 19.5 Å². The molecule has 1 aliphatic rings. The highest BCUT2D eigenvalue weighted by atomic mass is 16.5. The molecule has 1 aromatic rings. The quantitative estimate of drug-likeness (QED) is 0.773. The fraction of sp³-hybridized carbons (Fsp3) is 0.400. The molecule has 1 saturated carbocycles. The number of hydrogen-bond donors (Lipinski definition) is 0. The number of ether oxygens (including phenoxy) is 2. The number of allylic oxidation sites excluding steroid dienone is 1. The van der Waals surface area contributed by atoms with Crippen LogP contribution < -0.4 is 9.47 Å². The molecule has 0 spiro atoms. The average Bonchev–Trinajstić information content (AvgIpc) is 3.21. The molecule has 3 nitrogen and oxygen atoms in total. The standard InChI is InChI=1S/C15H18O3/c1-3-4-11-5-8-14(15(9-11)17-2)18-10-13(16)12-6-7-12/h3-5,8-9,12H,6-7,10H2,1-2H3. The molecule has 0 amide bonds. The summed E-state index contributed by atoms with van der Waals surface area (Å²) in [5.41, 5.74) is 1.05. The molecule has 0 bridgehead atoms. The van der Waals surface area contributed by atoms with E-state index in [-0.39, 0.29) is 18.3 Å². The zero-order chi connectivity index (χ0) is 13.0. The van der Waals surface area contributed by atoms with Gasteiger partial charge in [-0.1, -0.05) is 18.2 Å². The van der Waals surface area contributed by atoms with E-state index in [4.69, 9.17) is 9.47 Å². The first-order valence-electron chi connectivity index (χ1n) is 6.21. The molecular weight excluding hydrogens is 228 g/mol. The van der Waals surface area contributed by atoms with Crippen molar-refractivity contribution in [2.75, 3.05) is 13.7 Å². The van der Waals surface area contributed by atoms with Gasteiger partial charge < -0.3 is 9.47 Å². The second-order valence-electron chi connectivity index (χ2n) is 4.44. The number of ketones is 1. The Morgan fingerprint density at radius 3 is 2.78 bits per heavy atom. The van der Waals surface area contributed by atoms with E-state index in [2.05, 4.69) is 0 Å². The maximum Gasteiger partial charge on any atom is 0.173 e. The Morgan fingerprint density at radius 1 is 1.39 bits per heavy atom. The predicted molar refractivity (Wildman–Crippen MR) is 70.9 cm³/mol. The monoisotopic (exact) mass is 246 g/mol. The lowest BCUT2D eigenvalue weighted by atomic mass is 10.2. The van der Waals surface area contributed by atoms with Crippen LogP contribution in [0.3, 0.4) is 0 Å². The summed E-state index contributed by atoms with van der Waals surface area (Å²) in [4.78, 5) is 11.6. The van der Waals surface area contributed by atoms with Crippen molar-refractivity contribution in [3.8, 4) is 11.5 Å². The summed E-state index contributed by atoms with van der Waals surface area (Å²) in [5, 5.41) is 0. The minimum Gasteiger partial charge on any atom is -0.493 e. The molecule has 1 aromatic carbocycles. The van der Waals surface area contributed by atoms with Gasteiger partial charge in [0.1, 0.15) is 6.61 Å². The van der Waals surface area contributed by atoms with Crippen molar-refractivity contribution >= 4 is 11.9 Å². The normalized spacial score (nSPS) is 14.8. The summed E-state index contributed by atoms with van der Waals surface area (Å²) >= 11 is 0. The van der Waals surface area contributed by atoms with Crippen LogP contribution in [0.15, 0.2) is 24.3 Å². The molecule has 0 N–H and O–H groups in total. The van der Waals surface area contributed by atoms with Crippen LogP contribution in [0.4, 0.5) is 0 Å². The van der Waals surface area contributed by atoms with Gasteiger partial charge in [0.05, 0.1) is 7.11 Å². The highest BCUT2D eigenvalue weighted by molar-refractivity contribution is 5.84. The first-order chi connectivity index (χ1) is 8.74. The van der Waals surface area contributed by atoms with Gasteiger partial charge in [0, 0.05) is 5.92 Å². The zero-order valence-corrected chi connectivity index (χ0v) is 10.8. The van der Waals surface area contributed by atoms with Crippen LogP contribution >= 0.6 is 0 Å². The van der Waals surface area contributed by atoms with Gasteiger partial charge >= 0.3 is 0 Å². The Morgan fingerprint density at radius 2 is 2.17 bits per heavy atom. The van der Waals surface area contributed by atoms with E-state index in [0.717, 1.165) is 18.4 Å². The molecule has 0 heterocycles. The Labute approximate surface area is 107 Å². The first-order valence-corrected chi connectivity index (χ1v) is 6.21. The van der Waals surface area contributed by atoms with E-state index in [9.17, 15) is 4.79 Å². The van der Waals surface area contributed by atoms with Crippen LogP contribution in [0.1, 0.15) is 25.3 Å². The van der Waals surface area contributed by atoms with E-state index in [1.54, 1.807) is 7.11 Å². The fourth-order valence-electron chi connectivity index (χ4n) is 1.77. The Balaban J connectivity index is 2.04. The largest absolute Gasteiger partial charge is 0.493 e. The maximum atomic E-state index is 11.6. The van der Waals surface area contributed by atoms with Crippen LogP contribution in [0.2, 0.25) is 0 Å². The fourth-order valence-corrected chi connectivity index (χ4v) is 1.77. The summed E-state index contributed by atoms with van der Waals surface area (Å²) < 4.78 is 10.8. The molecule has 3 heteroatoms. The maximum absolute atomic E-state index is 11.6. The zero-order valence-electron chi connectivity index (χ0n) is 10.8. The summed E-state index contributed by atoms with van der Waals surface area (Å²) in [6.07, 6.45) is 5.98. The number of carbonyl (C=O) groups excluding carboxylic acids is 1. The third-order valence-corrected chi connectivity index (χ3v) is 2.95. The van der Waals surface area contributed by atoms with Gasteiger partial charge in [-0.05, 0) is 37.5 Å². The molecule has 1 fully saturated rings. The lowest BCUT2D eigenvalue weighted by Crippen LogP contribution is -2.13. The van der Waals surface area contributed by atoms with Crippen molar-refractivity contribution in [2.24, 2.45) is 5.92 Å². The molecule has 96 valence electrons. The topological polar surface area (TPSA) is 35.5 Å². The van der Waals surface area contributed by atoms with E-state index in [1.165, 1.54) is 0 Å². The Kier molecular flexibility index (Phi) is 4.03. The minimum atomic E-state index is 0.143. The Bertz CT molecular complexity index is 459. The summed E-state index contributed by atoms with van der Waals surface area (Å²) in [7, 11) is 1.60. The first kappa shape index (κ1) is 12.7. The van der Waals surface area contributed by atoms with Gasteiger partial charge in [-0.15, -0.1) is 0 Å². The van der Waals surface area contributed by atoms with Gasteiger partial charge in [-0.2, -0.15) is 0 Å². The lowest BCUT2D eigenvalue weighted by Gasteiger charge is -2.10. The molecule has 1 aliphatic carbocycles. The number of methoxy groups -OCH3 is 1. The summed E-state index contributed by atoms with van der Waals surface area (Å²) in [6, 6.07) is 5.69. The van der Waals surface area contributed by atoms with Gasteiger partial charge in [-0.25, -0.2) is 0 Å². The van der Waals surface area contributed by atoms with Crippen molar-refractivity contribution in [1.82, 2.24) is 0 Å². The van der Waals surface area contributed by atoms with E-state index in [0.29, 0.717) is 11.5 Å². The van der Waals surface area contributed by atoms with E-state index in [1.807, 2.05) is 37.3 Å². The van der Waals surface area contributed by atoms with E-state index >= 15 is 0 Å². The number of benzene rings is 1. The molecule has 0 saturated heterocycles. The van der Waals surface area contributed by atoms with Gasteiger partial charge in [-0.3, -0.25) is 4.79 Å². The molecule has 0 aliphatic heterocycles. The van der Waals surface area contributed by atoms with Gasteiger partial charge in [0.2, 0.25) is 0 Å². The summed E-state index contributed by atoms with van der Waals surface area (Å²) in [6.45, 7) is 2.11. The number of hydrogen-bond acceptors (Lipinski definition) is 3. The predicted octanol–water partition coefficient (Wildman–Crippen LogP) is 3.09. The molecule has 18 heavy (non-hydrogen) atoms. The molecule has 0 radical (unpaired) electrons. The second-order valence-corrected chi connectivity index (χ2v) is 4.44. The van der Waals surface area contributed by atoms with E-state index < -0.39 is 0 Å². The molecule has 0 unspecified atom stereocenters. The highest BCUT2D eigenvalue weighted by Gasteiger charge is 2.29. The number of Topliss-reactive ketones (excluding diaryl/α,β-unsaturated/α-hetero) is 1. The summed E-state index contributed by atoms with van der Waals surface area (Å²) in [5.74, 6) is 1.71. The van der Waals surface area contributed by atoms with Crippen molar-refractivity contribution in [3.63, 3.8) is 0 Å². The SMILES string of the molecule is CC=Cc1ccc(OCC(=O)C2CC2)c(OC)c1. The Hall–Kier alpha value is -1.77. The molecule has 0 atom stereocenters. The third-order valence-electron chi connectivity index (χ3n) is 2.95. The van der Waals surface area contributed by atoms with Gasteiger partial charge in [0.15, 0.2) is 17.3 Å². The second kappa shape index (κ2) is 5.71. The highest BCUT2D eigenvalue weighted by Crippen LogP contribution is 2.32. The van der Waals surface area contributed by atoms with Crippen molar-refractivity contribution in [1.29, 1.82) is 0 Å². The van der Waals surface area contributed by atoms with Crippen LogP contribution in [0, 0.1) is 5.92 Å². The number of carbonyl (C=O) groups is 1. The third kappa shape index (κ3) is 3.13.